The smallest absolute Gasteiger partial charge is 0.0927 e. The minimum atomic E-state index is 0.918. The molecule has 0 amide bonds. The van der Waals surface area contributed by atoms with Gasteiger partial charge < -0.3 is 0 Å². The van der Waals surface area contributed by atoms with Crippen LogP contribution >= 0.6 is 0 Å². The summed E-state index contributed by atoms with van der Waals surface area (Å²) >= 11 is 0. The monoisotopic (exact) mass is 260 g/mol. The van der Waals surface area contributed by atoms with Gasteiger partial charge in [0.1, 0.15) is 0 Å². The fraction of sp³-hybridized carbons (Fsp3) is 0.0556. The maximum absolute atomic E-state index is 4.54. The maximum atomic E-state index is 4.54. The van der Waals surface area contributed by atoms with E-state index < -0.39 is 0 Å². The topological polar surface area (TPSA) is 17.8 Å². The molecule has 0 fully saturated rings. The Morgan fingerprint density at radius 1 is 0.850 bits per heavy atom. The van der Waals surface area contributed by atoms with E-state index in [9.17, 15) is 0 Å². The van der Waals surface area contributed by atoms with Crippen LogP contribution in [0.2, 0.25) is 0 Å². The van der Waals surface area contributed by atoms with E-state index in [1.165, 1.54) is 5.56 Å². The van der Waals surface area contributed by atoms with E-state index in [4.69, 9.17) is 0 Å². The van der Waals surface area contributed by atoms with Gasteiger partial charge in [0.2, 0.25) is 0 Å². The highest BCUT2D eigenvalue weighted by Crippen LogP contribution is 2.15. The SMILES string of the molecule is C(=C/n1ccc(-c2ccccc2)n1)/Cc1ccccc1. The molecule has 0 aliphatic carbocycles. The van der Waals surface area contributed by atoms with E-state index >= 15 is 0 Å². The summed E-state index contributed by atoms with van der Waals surface area (Å²) in [5, 5.41) is 4.54. The lowest BCUT2D eigenvalue weighted by Crippen LogP contribution is -1.88. The molecule has 0 radical (unpaired) electrons. The van der Waals surface area contributed by atoms with Crippen LogP contribution in [0.15, 0.2) is 79.0 Å². The summed E-state index contributed by atoms with van der Waals surface area (Å²) < 4.78 is 1.85. The Kier molecular flexibility index (Phi) is 3.74. The Labute approximate surface area is 119 Å². The third-order valence-corrected chi connectivity index (χ3v) is 3.13. The van der Waals surface area contributed by atoms with Crippen LogP contribution in [0, 0.1) is 0 Å². The molecule has 0 spiro atoms. The lowest BCUT2D eigenvalue weighted by Gasteiger charge is -1.96. The molecular weight excluding hydrogens is 244 g/mol. The van der Waals surface area contributed by atoms with Crippen molar-refractivity contribution in [2.75, 3.05) is 0 Å². The Bertz CT molecular complexity index is 682. The van der Waals surface area contributed by atoms with Gasteiger partial charge in [-0.15, -0.1) is 0 Å². The fourth-order valence-electron chi connectivity index (χ4n) is 2.09. The average Bonchev–Trinajstić information content (AvgIpc) is 2.98. The first-order chi connectivity index (χ1) is 9.92. The molecule has 0 N–H and O–H groups in total. The first kappa shape index (κ1) is 12.4. The van der Waals surface area contributed by atoms with E-state index in [-0.39, 0.29) is 0 Å². The molecule has 0 saturated heterocycles. The summed E-state index contributed by atoms with van der Waals surface area (Å²) in [6.07, 6.45) is 7.02. The molecule has 98 valence electrons. The van der Waals surface area contributed by atoms with E-state index in [1.807, 2.05) is 47.4 Å². The minimum absolute atomic E-state index is 0.918. The molecule has 0 unspecified atom stereocenters. The Morgan fingerprint density at radius 2 is 1.55 bits per heavy atom. The van der Waals surface area contributed by atoms with Crippen LogP contribution in [-0.2, 0) is 6.42 Å². The number of hydrogen-bond donors (Lipinski definition) is 0. The molecule has 0 bridgehead atoms. The molecule has 20 heavy (non-hydrogen) atoms. The Hall–Kier alpha value is -2.61. The van der Waals surface area contributed by atoms with Gasteiger partial charge in [0.05, 0.1) is 5.69 Å². The zero-order valence-electron chi connectivity index (χ0n) is 11.2. The lowest BCUT2D eigenvalue weighted by molar-refractivity contribution is 0.935. The van der Waals surface area contributed by atoms with Crippen molar-refractivity contribution in [2.24, 2.45) is 0 Å². The quantitative estimate of drug-likeness (QED) is 0.685. The van der Waals surface area contributed by atoms with Crippen molar-refractivity contribution in [1.82, 2.24) is 9.78 Å². The number of aromatic nitrogens is 2. The minimum Gasteiger partial charge on any atom is -0.248 e. The zero-order chi connectivity index (χ0) is 13.6. The maximum Gasteiger partial charge on any atom is 0.0927 e. The lowest BCUT2D eigenvalue weighted by atomic mass is 10.1. The normalized spacial score (nSPS) is 11.0. The van der Waals surface area contributed by atoms with Crippen LogP contribution in [0.25, 0.3) is 17.5 Å². The number of allylic oxidation sites excluding steroid dienone is 1. The van der Waals surface area contributed by atoms with Gasteiger partial charge in [-0.1, -0.05) is 66.7 Å². The first-order valence-electron chi connectivity index (χ1n) is 6.73. The van der Waals surface area contributed by atoms with E-state index in [1.54, 1.807) is 0 Å². The predicted molar refractivity (Wildman–Crippen MR) is 83.1 cm³/mol. The summed E-state index contributed by atoms with van der Waals surface area (Å²) in [6, 6.07) is 22.6. The summed E-state index contributed by atoms with van der Waals surface area (Å²) in [7, 11) is 0. The molecule has 2 aromatic carbocycles. The van der Waals surface area contributed by atoms with Crippen LogP contribution < -0.4 is 0 Å². The predicted octanol–water partition coefficient (Wildman–Crippen LogP) is 4.26. The number of benzene rings is 2. The summed E-state index contributed by atoms with van der Waals surface area (Å²) in [6.45, 7) is 0. The molecule has 3 aromatic rings. The molecule has 0 saturated carbocycles. The van der Waals surface area contributed by atoms with Crippen LogP contribution in [0.3, 0.4) is 0 Å². The molecule has 0 atom stereocenters. The molecule has 2 nitrogen and oxygen atoms in total. The molecule has 0 aliphatic heterocycles. The molecule has 3 rings (SSSR count). The van der Waals surface area contributed by atoms with Crippen LogP contribution in [-0.4, -0.2) is 9.78 Å². The highest BCUT2D eigenvalue weighted by Gasteiger charge is 1.99. The number of nitrogens with zero attached hydrogens (tertiary/aromatic N) is 2. The summed E-state index contributed by atoms with van der Waals surface area (Å²) in [5.41, 5.74) is 3.44. The third kappa shape index (κ3) is 3.04. The van der Waals surface area contributed by atoms with Crippen molar-refractivity contribution in [3.05, 3.63) is 84.6 Å². The van der Waals surface area contributed by atoms with Crippen molar-refractivity contribution >= 4 is 6.20 Å². The summed E-state index contributed by atoms with van der Waals surface area (Å²) in [5.74, 6) is 0. The Balaban J connectivity index is 1.69. The fourth-order valence-corrected chi connectivity index (χ4v) is 2.09. The van der Waals surface area contributed by atoms with Gasteiger partial charge in [0.15, 0.2) is 0 Å². The van der Waals surface area contributed by atoms with Gasteiger partial charge >= 0.3 is 0 Å². The molecule has 0 aliphatic rings. The van der Waals surface area contributed by atoms with Gasteiger partial charge in [-0.25, -0.2) is 4.68 Å². The van der Waals surface area contributed by atoms with Crippen molar-refractivity contribution in [1.29, 1.82) is 0 Å². The zero-order valence-corrected chi connectivity index (χ0v) is 11.2. The van der Waals surface area contributed by atoms with E-state index in [2.05, 4.69) is 47.6 Å². The molecular formula is C18H16N2. The standard InChI is InChI=1S/C18H16N2/c1-3-8-16(9-4-1)10-7-14-20-15-13-18(19-20)17-11-5-2-6-12-17/h1-9,11-15H,10H2/b14-7-. The average molecular weight is 260 g/mol. The van der Waals surface area contributed by atoms with E-state index in [0.29, 0.717) is 0 Å². The second-order valence-corrected chi connectivity index (χ2v) is 4.62. The first-order valence-corrected chi connectivity index (χ1v) is 6.73. The van der Waals surface area contributed by atoms with Crippen LogP contribution in [0.1, 0.15) is 5.56 Å². The van der Waals surface area contributed by atoms with Gasteiger partial charge in [-0.2, -0.15) is 5.10 Å². The van der Waals surface area contributed by atoms with Gasteiger partial charge in [-0.05, 0) is 18.1 Å². The third-order valence-electron chi connectivity index (χ3n) is 3.13. The van der Waals surface area contributed by atoms with Gasteiger partial charge in [-0.3, -0.25) is 0 Å². The van der Waals surface area contributed by atoms with Crippen molar-refractivity contribution < 1.29 is 0 Å². The molecule has 1 heterocycles. The van der Waals surface area contributed by atoms with Crippen molar-refractivity contribution in [3.8, 4) is 11.3 Å². The van der Waals surface area contributed by atoms with Crippen molar-refractivity contribution in [3.63, 3.8) is 0 Å². The van der Waals surface area contributed by atoms with Crippen LogP contribution in [0.5, 0.6) is 0 Å². The Morgan fingerprint density at radius 3 is 2.30 bits per heavy atom. The second-order valence-electron chi connectivity index (χ2n) is 4.62. The van der Waals surface area contributed by atoms with Crippen LogP contribution in [0.4, 0.5) is 0 Å². The molecule has 2 heteroatoms. The largest absolute Gasteiger partial charge is 0.248 e. The highest BCUT2D eigenvalue weighted by molar-refractivity contribution is 5.58. The van der Waals surface area contributed by atoms with Gasteiger partial charge in [0, 0.05) is 18.0 Å². The highest BCUT2D eigenvalue weighted by atomic mass is 15.3. The van der Waals surface area contributed by atoms with Gasteiger partial charge in [0.25, 0.3) is 0 Å². The van der Waals surface area contributed by atoms with E-state index in [0.717, 1.165) is 17.7 Å². The van der Waals surface area contributed by atoms with Crippen molar-refractivity contribution in [2.45, 2.75) is 6.42 Å². The number of rotatable bonds is 4. The second kappa shape index (κ2) is 6.02. The number of hydrogen-bond acceptors (Lipinski definition) is 1. The molecule has 1 aromatic heterocycles. The summed E-state index contributed by atoms with van der Waals surface area (Å²) in [4.78, 5) is 0.